The van der Waals surface area contributed by atoms with Crippen LogP contribution < -0.4 is 15.0 Å². The van der Waals surface area contributed by atoms with E-state index in [-0.39, 0.29) is 11.8 Å². The van der Waals surface area contributed by atoms with Gasteiger partial charge in [-0.15, -0.1) is 0 Å². The summed E-state index contributed by atoms with van der Waals surface area (Å²) < 4.78 is 5.12. The van der Waals surface area contributed by atoms with E-state index in [2.05, 4.69) is 12.2 Å². The average Bonchev–Trinajstić information content (AvgIpc) is 2.67. The number of carbonyl (C=O) groups is 2. The number of amides is 2. The Hall–Kier alpha value is -2.08. The molecule has 1 fully saturated rings. The number of hydrogen-bond acceptors (Lipinski definition) is 3. The number of carbonyl (C=O) groups excluding carboxylic acids is 2. The molecule has 2 N–H and O–H groups in total. The van der Waals surface area contributed by atoms with Crippen molar-refractivity contribution >= 4 is 17.5 Å². The van der Waals surface area contributed by atoms with Crippen LogP contribution in [-0.4, -0.2) is 56.0 Å². The van der Waals surface area contributed by atoms with E-state index >= 15 is 0 Å². The summed E-state index contributed by atoms with van der Waals surface area (Å²) in [5.74, 6) is 0.845. The number of likely N-dealkylation sites (tertiary alicyclic amines) is 1. The van der Waals surface area contributed by atoms with E-state index in [0.717, 1.165) is 48.7 Å². The van der Waals surface area contributed by atoms with Gasteiger partial charge < -0.3 is 19.9 Å². The van der Waals surface area contributed by atoms with E-state index in [1.54, 1.807) is 7.11 Å². The van der Waals surface area contributed by atoms with Crippen molar-refractivity contribution in [1.82, 2.24) is 4.90 Å². The highest BCUT2D eigenvalue weighted by atomic mass is 16.5. The third-order valence-corrected chi connectivity index (χ3v) is 5.10. The van der Waals surface area contributed by atoms with Crippen LogP contribution >= 0.6 is 0 Å². The molecule has 0 saturated carbocycles. The molecule has 1 saturated heterocycles. The number of nitrogens with one attached hydrogen (secondary N) is 2. The van der Waals surface area contributed by atoms with Crippen LogP contribution in [0.3, 0.4) is 0 Å². The number of piperidine rings is 1. The molecule has 2 amide bonds. The second kappa shape index (κ2) is 10.2. The van der Waals surface area contributed by atoms with Crippen molar-refractivity contribution in [2.45, 2.75) is 45.6 Å². The maximum absolute atomic E-state index is 12.7. The van der Waals surface area contributed by atoms with Crippen LogP contribution in [0.15, 0.2) is 24.3 Å². The van der Waals surface area contributed by atoms with E-state index in [9.17, 15) is 9.59 Å². The maximum atomic E-state index is 12.7. The summed E-state index contributed by atoms with van der Waals surface area (Å²) in [5, 5.41) is 2.89. The quantitative estimate of drug-likeness (QED) is 0.733. The number of hydrogen-bond donors (Lipinski definition) is 2. The molecular weight excluding hydrogens is 330 g/mol. The minimum atomic E-state index is -0.0782. The van der Waals surface area contributed by atoms with Gasteiger partial charge in [-0.05, 0) is 56.9 Å². The summed E-state index contributed by atoms with van der Waals surface area (Å²) in [4.78, 5) is 28.0. The second-order valence-corrected chi connectivity index (χ2v) is 6.88. The largest absolute Gasteiger partial charge is 0.497 e. The number of benzene rings is 1. The molecule has 144 valence electrons. The molecule has 1 aromatic rings. The SMILES string of the molecule is CC[C@@H]1CCCCN1C(=O)C[NH+](CC)CC(=O)Nc1ccc(OC)cc1. The Morgan fingerprint density at radius 3 is 2.54 bits per heavy atom. The fourth-order valence-electron chi connectivity index (χ4n) is 3.49. The van der Waals surface area contributed by atoms with Crippen molar-refractivity contribution in [3.63, 3.8) is 0 Å². The number of anilines is 1. The van der Waals surface area contributed by atoms with Gasteiger partial charge in [0.2, 0.25) is 0 Å². The standard InChI is InChI=1S/C20H31N3O3/c1-4-17-8-6-7-13-23(17)20(25)15-22(5-2)14-19(24)21-16-9-11-18(26-3)12-10-16/h9-12,17H,4-8,13-15H2,1-3H3,(H,21,24)/p+1/t17-/m1/s1. The predicted molar refractivity (Wildman–Crippen MR) is 103 cm³/mol. The van der Waals surface area contributed by atoms with Crippen LogP contribution in [-0.2, 0) is 9.59 Å². The minimum Gasteiger partial charge on any atom is -0.497 e. The third-order valence-electron chi connectivity index (χ3n) is 5.10. The number of rotatable bonds is 8. The first-order valence-electron chi connectivity index (χ1n) is 9.64. The Labute approximate surface area is 156 Å². The van der Waals surface area contributed by atoms with Crippen LogP contribution in [0.25, 0.3) is 0 Å². The number of nitrogens with zero attached hydrogens (tertiary/aromatic N) is 1. The zero-order chi connectivity index (χ0) is 18.9. The fourth-order valence-corrected chi connectivity index (χ4v) is 3.49. The minimum absolute atomic E-state index is 0.0782. The lowest BCUT2D eigenvalue weighted by molar-refractivity contribution is -0.882. The highest BCUT2D eigenvalue weighted by Gasteiger charge is 2.28. The Morgan fingerprint density at radius 1 is 1.19 bits per heavy atom. The maximum Gasteiger partial charge on any atom is 0.279 e. The topological polar surface area (TPSA) is 63.1 Å². The highest BCUT2D eigenvalue weighted by molar-refractivity contribution is 5.91. The van der Waals surface area contributed by atoms with Crippen molar-refractivity contribution in [2.75, 3.05) is 38.6 Å². The van der Waals surface area contributed by atoms with Gasteiger partial charge >= 0.3 is 0 Å². The zero-order valence-corrected chi connectivity index (χ0v) is 16.2. The summed E-state index contributed by atoms with van der Waals surface area (Å²) in [7, 11) is 1.61. The fraction of sp³-hybridized carbons (Fsp3) is 0.600. The Balaban J connectivity index is 1.86. The lowest BCUT2D eigenvalue weighted by Crippen LogP contribution is -3.14. The molecule has 6 heteroatoms. The van der Waals surface area contributed by atoms with Crippen molar-refractivity contribution in [3.05, 3.63) is 24.3 Å². The molecule has 0 bridgehead atoms. The third kappa shape index (κ3) is 5.73. The molecule has 2 rings (SSSR count). The molecule has 0 spiro atoms. The monoisotopic (exact) mass is 362 g/mol. The van der Waals surface area contributed by atoms with Gasteiger partial charge in [0.25, 0.3) is 11.8 Å². The summed E-state index contributed by atoms with van der Waals surface area (Å²) in [6.45, 7) is 6.42. The van der Waals surface area contributed by atoms with Crippen LogP contribution in [0.1, 0.15) is 39.5 Å². The molecule has 0 radical (unpaired) electrons. The predicted octanol–water partition coefficient (Wildman–Crippen LogP) is 1.33. The Kier molecular flexibility index (Phi) is 7.91. The Bertz CT molecular complexity index is 588. The molecule has 6 nitrogen and oxygen atoms in total. The first kappa shape index (κ1) is 20.2. The average molecular weight is 362 g/mol. The highest BCUT2D eigenvalue weighted by Crippen LogP contribution is 2.19. The molecule has 1 aromatic carbocycles. The van der Waals surface area contributed by atoms with Crippen molar-refractivity contribution in [1.29, 1.82) is 0 Å². The molecule has 1 aliphatic rings. The summed E-state index contributed by atoms with van der Waals surface area (Å²) in [5.41, 5.74) is 0.736. The lowest BCUT2D eigenvalue weighted by Gasteiger charge is -2.35. The van der Waals surface area contributed by atoms with Crippen LogP contribution in [0.5, 0.6) is 5.75 Å². The van der Waals surface area contributed by atoms with Gasteiger partial charge in [-0.25, -0.2) is 0 Å². The number of quaternary nitrogens is 1. The van der Waals surface area contributed by atoms with E-state index in [1.807, 2.05) is 36.1 Å². The molecule has 0 aromatic heterocycles. The molecule has 26 heavy (non-hydrogen) atoms. The van der Waals surface area contributed by atoms with Gasteiger partial charge in [-0.3, -0.25) is 9.59 Å². The first-order chi connectivity index (χ1) is 12.6. The van der Waals surface area contributed by atoms with E-state index < -0.39 is 0 Å². The van der Waals surface area contributed by atoms with Gasteiger partial charge in [0.15, 0.2) is 13.1 Å². The van der Waals surface area contributed by atoms with E-state index in [4.69, 9.17) is 4.74 Å². The normalized spacial score (nSPS) is 18.3. The molecule has 0 aliphatic carbocycles. The van der Waals surface area contributed by atoms with Crippen LogP contribution in [0, 0.1) is 0 Å². The molecule has 1 aliphatic heterocycles. The number of likely N-dealkylation sites (N-methyl/N-ethyl adjacent to an activating group) is 1. The van der Waals surface area contributed by atoms with Crippen molar-refractivity contribution in [3.8, 4) is 5.75 Å². The van der Waals surface area contributed by atoms with E-state index in [0.29, 0.717) is 19.1 Å². The van der Waals surface area contributed by atoms with Crippen LogP contribution in [0.2, 0.25) is 0 Å². The van der Waals surface area contributed by atoms with Crippen LogP contribution in [0.4, 0.5) is 5.69 Å². The Morgan fingerprint density at radius 2 is 1.92 bits per heavy atom. The summed E-state index contributed by atoms with van der Waals surface area (Å²) in [6, 6.07) is 7.61. The number of ether oxygens (including phenoxy) is 1. The zero-order valence-electron chi connectivity index (χ0n) is 16.2. The van der Waals surface area contributed by atoms with Gasteiger partial charge in [-0.1, -0.05) is 6.92 Å². The first-order valence-corrected chi connectivity index (χ1v) is 9.64. The molecule has 2 atom stereocenters. The lowest BCUT2D eigenvalue weighted by atomic mass is 10.00. The van der Waals surface area contributed by atoms with E-state index in [1.165, 1.54) is 6.42 Å². The second-order valence-electron chi connectivity index (χ2n) is 6.88. The van der Waals surface area contributed by atoms with Crippen molar-refractivity contribution < 1.29 is 19.2 Å². The molecule has 1 heterocycles. The van der Waals surface area contributed by atoms with Gasteiger partial charge in [0.1, 0.15) is 5.75 Å². The smallest absolute Gasteiger partial charge is 0.279 e. The van der Waals surface area contributed by atoms with Gasteiger partial charge in [-0.2, -0.15) is 0 Å². The summed E-state index contributed by atoms with van der Waals surface area (Å²) in [6.07, 6.45) is 4.39. The van der Waals surface area contributed by atoms with Crippen molar-refractivity contribution in [2.24, 2.45) is 0 Å². The summed E-state index contributed by atoms with van der Waals surface area (Å²) >= 11 is 0. The molecule has 1 unspecified atom stereocenters. The van der Waals surface area contributed by atoms with Gasteiger partial charge in [0.05, 0.1) is 13.7 Å². The van der Waals surface area contributed by atoms with Gasteiger partial charge in [0, 0.05) is 18.3 Å². The molecular formula is C20H32N3O3+. The number of methoxy groups -OCH3 is 1.